The molecule has 0 saturated carbocycles. The predicted octanol–water partition coefficient (Wildman–Crippen LogP) is 2.10. The first-order valence-electron chi connectivity index (χ1n) is 10.4. The van der Waals surface area contributed by atoms with Crippen LogP contribution in [0, 0.1) is 0 Å². The number of nitrogens with one attached hydrogen (secondary N) is 1. The van der Waals surface area contributed by atoms with Gasteiger partial charge in [-0.15, -0.1) is 0 Å². The van der Waals surface area contributed by atoms with E-state index in [1.807, 2.05) is 12.1 Å². The summed E-state index contributed by atoms with van der Waals surface area (Å²) in [5.74, 6) is -0.271. The number of anilines is 1. The van der Waals surface area contributed by atoms with Crippen molar-refractivity contribution in [3.05, 3.63) is 74.9 Å². The monoisotopic (exact) mass is 406 g/mol. The second-order valence-electron chi connectivity index (χ2n) is 7.57. The second kappa shape index (κ2) is 8.57. The van der Waals surface area contributed by atoms with Crippen molar-refractivity contribution in [3.8, 4) is 0 Å². The number of hydrogen-bond donors (Lipinski definition) is 1. The van der Waals surface area contributed by atoms with Crippen molar-refractivity contribution in [1.82, 2.24) is 14.5 Å². The highest BCUT2D eigenvalue weighted by molar-refractivity contribution is 5.81. The summed E-state index contributed by atoms with van der Waals surface area (Å²) in [5, 5.41) is 3.32. The minimum absolute atomic E-state index is 0.133. The lowest BCUT2D eigenvalue weighted by atomic mass is 10.2. The van der Waals surface area contributed by atoms with E-state index in [9.17, 15) is 14.4 Å². The van der Waals surface area contributed by atoms with Gasteiger partial charge in [0.25, 0.3) is 5.56 Å². The van der Waals surface area contributed by atoms with Crippen LogP contribution in [0.25, 0.3) is 10.9 Å². The molecular formula is C23H26N4O3. The summed E-state index contributed by atoms with van der Waals surface area (Å²) in [6, 6.07) is 15.1. The molecule has 7 nitrogen and oxygen atoms in total. The fourth-order valence-corrected chi connectivity index (χ4v) is 4.00. The molecule has 0 radical (unpaired) electrons. The molecule has 4 rings (SSSR count). The Morgan fingerprint density at radius 3 is 2.37 bits per heavy atom. The quantitative estimate of drug-likeness (QED) is 0.680. The Morgan fingerprint density at radius 1 is 0.967 bits per heavy atom. The molecule has 1 saturated heterocycles. The predicted molar refractivity (Wildman–Crippen MR) is 118 cm³/mol. The fourth-order valence-electron chi connectivity index (χ4n) is 4.00. The second-order valence-corrected chi connectivity index (χ2v) is 7.57. The topological polar surface area (TPSA) is 76.3 Å². The first-order valence-corrected chi connectivity index (χ1v) is 10.4. The molecule has 1 aliphatic rings. The number of rotatable bonds is 6. The number of para-hydroxylation sites is 1. The van der Waals surface area contributed by atoms with Crippen LogP contribution < -0.4 is 21.5 Å². The first kappa shape index (κ1) is 19.9. The lowest BCUT2D eigenvalue weighted by molar-refractivity contribution is -0.121. The van der Waals surface area contributed by atoms with Gasteiger partial charge in [-0.25, -0.2) is 4.79 Å². The lowest BCUT2D eigenvalue weighted by Crippen LogP contribution is -2.42. The van der Waals surface area contributed by atoms with Gasteiger partial charge in [-0.2, -0.15) is 0 Å². The third-order valence-electron chi connectivity index (χ3n) is 5.65. The number of aromatic nitrogens is 2. The molecule has 1 fully saturated rings. The maximum absolute atomic E-state index is 12.7. The SMILES string of the molecule is CCn1c(=O)c2ccccc2n(CC(=O)NCc2ccc(N3CCCC3)cc2)c1=O. The Bertz CT molecular complexity index is 1170. The van der Waals surface area contributed by atoms with E-state index in [0.29, 0.717) is 17.4 Å². The van der Waals surface area contributed by atoms with Gasteiger partial charge in [-0.3, -0.25) is 18.7 Å². The molecule has 30 heavy (non-hydrogen) atoms. The van der Waals surface area contributed by atoms with Crippen molar-refractivity contribution in [1.29, 1.82) is 0 Å². The molecule has 0 aliphatic carbocycles. The Labute approximate surface area is 174 Å². The standard InChI is InChI=1S/C23H26N4O3/c1-2-26-22(29)19-7-3-4-8-20(19)27(23(26)30)16-21(28)24-15-17-9-11-18(12-10-17)25-13-5-6-14-25/h3-4,7-12H,2,5-6,13-16H2,1H3,(H,24,28). The van der Waals surface area contributed by atoms with Gasteiger partial charge in [0.05, 0.1) is 10.9 Å². The molecular weight excluding hydrogens is 380 g/mol. The average molecular weight is 406 g/mol. The van der Waals surface area contributed by atoms with Crippen molar-refractivity contribution >= 4 is 22.5 Å². The van der Waals surface area contributed by atoms with Crippen LogP contribution in [0.4, 0.5) is 5.69 Å². The number of amides is 1. The Kier molecular flexibility index (Phi) is 5.70. The number of fused-ring (bicyclic) bond motifs is 1. The number of carbonyl (C=O) groups is 1. The highest BCUT2D eigenvalue weighted by atomic mass is 16.2. The van der Waals surface area contributed by atoms with Crippen LogP contribution in [0.2, 0.25) is 0 Å². The molecule has 7 heteroatoms. The van der Waals surface area contributed by atoms with Crippen LogP contribution in [-0.4, -0.2) is 28.1 Å². The lowest BCUT2D eigenvalue weighted by Gasteiger charge is -2.18. The van der Waals surface area contributed by atoms with E-state index in [1.54, 1.807) is 31.2 Å². The fraction of sp³-hybridized carbons (Fsp3) is 0.348. The van der Waals surface area contributed by atoms with Crippen molar-refractivity contribution in [2.24, 2.45) is 0 Å². The van der Waals surface area contributed by atoms with Gasteiger partial charge < -0.3 is 10.2 Å². The van der Waals surface area contributed by atoms with Gasteiger partial charge in [0.1, 0.15) is 6.54 Å². The van der Waals surface area contributed by atoms with E-state index in [-0.39, 0.29) is 24.6 Å². The molecule has 1 amide bonds. The first-order chi connectivity index (χ1) is 14.6. The van der Waals surface area contributed by atoms with Crippen LogP contribution in [0.5, 0.6) is 0 Å². The third-order valence-corrected chi connectivity index (χ3v) is 5.65. The number of benzene rings is 2. The molecule has 1 N–H and O–H groups in total. The highest BCUT2D eigenvalue weighted by Gasteiger charge is 2.15. The summed E-state index contributed by atoms with van der Waals surface area (Å²) in [7, 11) is 0. The molecule has 0 atom stereocenters. The van der Waals surface area contributed by atoms with Crippen molar-refractivity contribution in [2.75, 3.05) is 18.0 Å². The largest absolute Gasteiger partial charge is 0.372 e. The van der Waals surface area contributed by atoms with E-state index < -0.39 is 5.69 Å². The minimum Gasteiger partial charge on any atom is -0.372 e. The molecule has 1 aromatic heterocycles. The molecule has 0 spiro atoms. The highest BCUT2D eigenvalue weighted by Crippen LogP contribution is 2.20. The van der Waals surface area contributed by atoms with Crippen molar-refractivity contribution in [3.63, 3.8) is 0 Å². The Morgan fingerprint density at radius 2 is 1.67 bits per heavy atom. The van der Waals surface area contributed by atoms with Gasteiger partial charge in [-0.1, -0.05) is 24.3 Å². The summed E-state index contributed by atoms with van der Waals surface area (Å²) in [4.78, 5) is 40.2. The van der Waals surface area contributed by atoms with Crippen LogP contribution in [0.15, 0.2) is 58.1 Å². The molecule has 2 heterocycles. The molecule has 1 aliphatic heterocycles. The zero-order chi connectivity index (χ0) is 21.1. The number of nitrogens with zero attached hydrogens (tertiary/aromatic N) is 3. The summed E-state index contributed by atoms with van der Waals surface area (Å²) in [5.41, 5.74) is 1.89. The maximum atomic E-state index is 12.7. The number of hydrogen-bond acceptors (Lipinski definition) is 4. The summed E-state index contributed by atoms with van der Waals surface area (Å²) < 4.78 is 2.53. The van der Waals surface area contributed by atoms with E-state index in [0.717, 1.165) is 23.2 Å². The Balaban J connectivity index is 1.48. The molecule has 156 valence electrons. The summed E-state index contributed by atoms with van der Waals surface area (Å²) in [6.45, 7) is 4.45. The van der Waals surface area contributed by atoms with Crippen LogP contribution in [-0.2, 0) is 24.4 Å². The van der Waals surface area contributed by atoms with Gasteiger partial charge >= 0.3 is 5.69 Å². The van der Waals surface area contributed by atoms with E-state index in [2.05, 4.69) is 22.3 Å². The minimum atomic E-state index is -0.466. The zero-order valence-electron chi connectivity index (χ0n) is 17.1. The molecule has 0 bridgehead atoms. The van der Waals surface area contributed by atoms with Crippen LogP contribution in [0.3, 0.4) is 0 Å². The third kappa shape index (κ3) is 3.87. The van der Waals surface area contributed by atoms with Crippen molar-refractivity contribution in [2.45, 2.75) is 39.4 Å². The van der Waals surface area contributed by atoms with Gasteiger partial charge in [0.2, 0.25) is 5.91 Å². The van der Waals surface area contributed by atoms with Gasteiger partial charge in [0, 0.05) is 31.9 Å². The maximum Gasteiger partial charge on any atom is 0.331 e. The van der Waals surface area contributed by atoms with E-state index in [1.165, 1.54) is 23.1 Å². The van der Waals surface area contributed by atoms with Gasteiger partial charge in [0.15, 0.2) is 0 Å². The molecule has 3 aromatic rings. The van der Waals surface area contributed by atoms with E-state index in [4.69, 9.17) is 0 Å². The molecule has 0 unspecified atom stereocenters. The smallest absolute Gasteiger partial charge is 0.331 e. The summed E-state index contributed by atoms with van der Waals surface area (Å²) >= 11 is 0. The number of carbonyl (C=O) groups excluding carboxylic acids is 1. The van der Waals surface area contributed by atoms with Crippen molar-refractivity contribution < 1.29 is 4.79 Å². The summed E-state index contributed by atoms with van der Waals surface area (Å²) in [6.07, 6.45) is 2.47. The van der Waals surface area contributed by atoms with Crippen LogP contribution >= 0.6 is 0 Å². The zero-order valence-corrected chi connectivity index (χ0v) is 17.1. The van der Waals surface area contributed by atoms with Gasteiger partial charge in [-0.05, 0) is 49.6 Å². The van der Waals surface area contributed by atoms with Crippen LogP contribution in [0.1, 0.15) is 25.3 Å². The van der Waals surface area contributed by atoms with E-state index >= 15 is 0 Å². The molecule has 2 aromatic carbocycles. The Hall–Kier alpha value is -3.35. The normalized spacial score (nSPS) is 13.7. The average Bonchev–Trinajstić information content (AvgIpc) is 3.31.